The third-order valence-corrected chi connectivity index (χ3v) is 7.75. The Balaban J connectivity index is 1.33. The van der Waals surface area contributed by atoms with Crippen molar-refractivity contribution in [2.45, 2.75) is 44.4 Å². The Morgan fingerprint density at radius 2 is 1.97 bits per heavy atom. The van der Waals surface area contributed by atoms with Gasteiger partial charge in [0.05, 0.1) is 16.3 Å². The van der Waals surface area contributed by atoms with Crippen molar-refractivity contribution in [2.75, 3.05) is 18.4 Å². The number of benzene rings is 1. The lowest BCUT2D eigenvalue weighted by molar-refractivity contribution is -0.110. The normalized spacial score (nSPS) is 20.0. The largest absolute Gasteiger partial charge is 0.359 e. The van der Waals surface area contributed by atoms with Crippen molar-refractivity contribution >= 4 is 34.6 Å². The molecule has 0 spiro atoms. The van der Waals surface area contributed by atoms with Crippen molar-refractivity contribution in [3.63, 3.8) is 0 Å². The molecule has 6 rings (SSSR count). The predicted octanol–water partition coefficient (Wildman–Crippen LogP) is 4.98. The Kier molecular flexibility index (Phi) is 4.77. The second-order valence-corrected chi connectivity index (χ2v) is 9.69. The maximum Gasteiger partial charge on any atom is 0.256 e. The molecule has 3 aromatic rings. The summed E-state index contributed by atoms with van der Waals surface area (Å²) >= 11 is 1.76. The molecule has 0 saturated carbocycles. The van der Waals surface area contributed by atoms with E-state index in [1.807, 2.05) is 12.1 Å². The Labute approximate surface area is 186 Å². The maximum absolute atomic E-state index is 12.7. The van der Waals surface area contributed by atoms with E-state index in [-0.39, 0.29) is 5.91 Å². The standard InChI is InChI=1S/C25H26N4OS/c30-24-20(13-18-11-16-3-1-2-4-21(16)27-18)19-12-17(5-6-22(19)28-24)23-14-31-25(29-23)15-7-9-26-10-8-15/h5-6,11-15,26-27H,1-4,7-10H2,(H,28,30)/b20-13-. The lowest BCUT2D eigenvalue weighted by atomic mass is 9.98. The minimum absolute atomic E-state index is 0.0339. The van der Waals surface area contributed by atoms with E-state index in [1.54, 1.807) is 11.3 Å². The van der Waals surface area contributed by atoms with Crippen molar-refractivity contribution in [2.24, 2.45) is 0 Å². The number of nitrogens with one attached hydrogen (secondary N) is 3. The fourth-order valence-corrected chi connectivity index (χ4v) is 6.03. The molecule has 0 unspecified atom stereocenters. The summed E-state index contributed by atoms with van der Waals surface area (Å²) in [7, 11) is 0. The van der Waals surface area contributed by atoms with Crippen LogP contribution in [0.25, 0.3) is 22.9 Å². The molecule has 4 heterocycles. The van der Waals surface area contributed by atoms with Crippen LogP contribution >= 0.6 is 11.3 Å². The van der Waals surface area contributed by atoms with E-state index < -0.39 is 0 Å². The summed E-state index contributed by atoms with van der Waals surface area (Å²) < 4.78 is 0. The van der Waals surface area contributed by atoms with Crippen molar-refractivity contribution < 1.29 is 4.79 Å². The molecule has 1 aliphatic carbocycles. The number of amides is 1. The number of hydrogen-bond acceptors (Lipinski definition) is 4. The molecule has 2 aromatic heterocycles. The molecule has 0 radical (unpaired) electrons. The highest BCUT2D eigenvalue weighted by atomic mass is 32.1. The van der Waals surface area contributed by atoms with Gasteiger partial charge < -0.3 is 15.6 Å². The van der Waals surface area contributed by atoms with Gasteiger partial charge >= 0.3 is 0 Å². The SMILES string of the molecule is O=C1Nc2ccc(-c3csc(C4CCNCC4)n3)cc2/C1=C/c1cc2c([nH]1)CCCC2. The van der Waals surface area contributed by atoms with Crippen LogP contribution in [0.15, 0.2) is 29.6 Å². The zero-order chi connectivity index (χ0) is 20.8. The summed E-state index contributed by atoms with van der Waals surface area (Å²) in [6, 6.07) is 8.40. The molecule has 31 heavy (non-hydrogen) atoms. The molecule has 1 aromatic carbocycles. The topological polar surface area (TPSA) is 69.8 Å². The van der Waals surface area contributed by atoms with Gasteiger partial charge in [0.2, 0.25) is 0 Å². The van der Waals surface area contributed by atoms with Crippen molar-refractivity contribution in [1.29, 1.82) is 0 Å². The summed E-state index contributed by atoms with van der Waals surface area (Å²) in [5, 5.41) is 9.84. The van der Waals surface area contributed by atoms with Crippen molar-refractivity contribution in [3.8, 4) is 11.3 Å². The van der Waals surface area contributed by atoms with Gasteiger partial charge in [0, 0.05) is 39.5 Å². The summed E-state index contributed by atoms with van der Waals surface area (Å²) in [6.07, 6.45) is 9.04. The zero-order valence-electron chi connectivity index (χ0n) is 17.5. The number of anilines is 1. The summed E-state index contributed by atoms with van der Waals surface area (Å²) in [4.78, 5) is 21.2. The highest BCUT2D eigenvalue weighted by molar-refractivity contribution is 7.10. The quantitative estimate of drug-likeness (QED) is 0.514. The van der Waals surface area contributed by atoms with Crippen LogP contribution in [-0.4, -0.2) is 29.0 Å². The molecule has 1 saturated heterocycles. The average Bonchev–Trinajstić information content (AvgIpc) is 3.52. The monoisotopic (exact) mass is 430 g/mol. The molecule has 6 heteroatoms. The molecule has 1 fully saturated rings. The first kappa shape index (κ1) is 19.0. The first-order valence-corrected chi connectivity index (χ1v) is 12.2. The van der Waals surface area contributed by atoms with E-state index in [0.29, 0.717) is 5.92 Å². The van der Waals surface area contributed by atoms with Gasteiger partial charge in [-0.05, 0) is 81.5 Å². The molecule has 5 nitrogen and oxygen atoms in total. The minimum atomic E-state index is -0.0339. The smallest absolute Gasteiger partial charge is 0.256 e. The number of rotatable bonds is 3. The Bertz CT molecular complexity index is 1160. The Morgan fingerprint density at radius 3 is 2.84 bits per heavy atom. The number of carbonyl (C=O) groups is 1. The lowest BCUT2D eigenvalue weighted by Crippen LogP contribution is -2.26. The molecule has 2 aliphatic heterocycles. The van der Waals surface area contributed by atoms with E-state index >= 15 is 0 Å². The Morgan fingerprint density at radius 1 is 1.10 bits per heavy atom. The zero-order valence-corrected chi connectivity index (χ0v) is 18.3. The molecule has 0 bridgehead atoms. The lowest BCUT2D eigenvalue weighted by Gasteiger charge is -2.20. The van der Waals surface area contributed by atoms with E-state index in [1.165, 1.54) is 29.1 Å². The number of carbonyl (C=O) groups excluding carboxylic acids is 1. The van der Waals surface area contributed by atoms with Crippen LogP contribution in [0.2, 0.25) is 0 Å². The van der Waals surface area contributed by atoms with Gasteiger partial charge in [-0.15, -0.1) is 11.3 Å². The van der Waals surface area contributed by atoms with Crippen LogP contribution in [0.1, 0.15) is 59.1 Å². The summed E-state index contributed by atoms with van der Waals surface area (Å²) in [5.74, 6) is 0.528. The van der Waals surface area contributed by atoms with Gasteiger partial charge in [-0.2, -0.15) is 0 Å². The first-order chi connectivity index (χ1) is 15.2. The van der Waals surface area contributed by atoms with E-state index in [2.05, 4.69) is 39.2 Å². The van der Waals surface area contributed by atoms with Crippen LogP contribution < -0.4 is 10.6 Å². The van der Waals surface area contributed by atoms with E-state index in [4.69, 9.17) is 4.98 Å². The van der Waals surface area contributed by atoms with E-state index in [9.17, 15) is 4.79 Å². The van der Waals surface area contributed by atoms with Crippen LogP contribution in [0.5, 0.6) is 0 Å². The first-order valence-electron chi connectivity index (χ1n) is 11.3. The summed E-state index contributed by atoms with van der Waals surface area (Å²) in [5.41, 5.74) is 8.41. The molecule has 3 aliphatic rings. The second-order valence-electron chi connectivity index (χ2n) is 8.80. The molecular weight excluding hydrogens is 404 g/mol. The highest BCUT2D eigenvalue weighted by Crippen LogP contribution is 2.38. The number of aryl methyl sites for hydroxylation is 2. The highest BCUT2D eigenvalue weighted by Gasteiger charge is 2.26. The van der Waals surface area contributed by atoms with Gasteiger partial charge in [-0.25, -0.2) is 4.98 Å². The molecule has 3 N–H and O–H groups in total. The number of thiazole rings is 1. The van der Waals surface area contributed by atoms with Crippen LogP contribution in [0.4, 0.5) is 5.69 Å². The average molecular weight is 431 g/mol. The maximum atomic E-state index is 12.7. The van der Waals surface area contributed by atoms with Gasteiger partial charge in [-0.3, -0.25) is 4.79 Å². The van der Waals surface area contributed by atoms with Gasteiger partial charge in [0.15, 0.2) is 0 Å². The fraction of sp³-hybridized carbons (Fsp3) is 0.360. The van der Waals surface area contributed by atoms with Crippen molar-refractivity contribution in [3.05, 3.63) is 57.2 Å². The number of aromatic amines is 1. The number of hydrogen-bond donors (Lipinski definition) is 3. The van der Waals surface area contributed by atoms with Crippen LogP contribution in [0, 0.1) is 0 Å². The summed E-state index contributed by atoms with van der Waals surface area (Å²) in [6.45, 7) is 2.14. The fourth-order valence-electron chi connectivity index (χ4n) is 5.03. The van der Waals surface area contributed by atoms with Crippen LogP contribution in [-0.2, 0) is 17.6 Å². The number of H-pyrrole nitrogens is 1. The van der Waals surface area contributed by atoms with Gasteiger partial charge in [-0.1, -0.05) is 6.07 Å². The van der Waals surface area contributed by atoms with Crippen molar-refractivity contribution in [1.82, 2.24) is 15.3 Å². The molecule has 0 atom stereocenters. The molecule has 158 valence electrons. The van der Waals surface area contributed by atoms with Gasteiger partial charge in [0.25, 0.3) is 5.91 Å². The molecule has 1 amide bonds. The third-order valence-electron chi connectivity index (χ3n) is 6.74. The minimum Gasteiger partial charge on any atom is -0.359 e. The Hall–Kier alpha value is -2.70. The van der Waals surface area contributed by atoms with E-state index in [0.717, 1.165) is 72.5 Å². The third kappa shape index (κ3) is 3.54. The number of fused-ring (bicyclic) bond motifs is 2. The number of aromatic nitrogens is 2. The molecular formula is C25H26N4OS. The second kappa shape index (κ2) is 7.77. The number of piperidine rings is 1. The predicted molar refractivity (Wildman–Crippen MR) is 126 cm³/mol. The van der Waals surface area contributed by atoms with Crippen LogP contribution in [0.3, 0.4) is 0 Å². The van der Waals surface area contributed by atoms with Gasteiger partial charge in [0.1, 0.15) is 0 Å². The number of nitrogens with zero attached hydrogens (tertiary/aromatic N) is 1.